The van der Waals surface area contributed by atoms with Gasteiger partial charge < -0.3 is 79.5 Å². The monoisotopic (exact) mass is 1480 g/mol. The van der Waals surface area contributed by atoms with E-state index in [-0.39, 0.29) is 123 Å². The summed E-state index contributed by atoms with van der Waals surface area (Å²) in [7, 11) is 2.51. The Bertz CT molecular complexity index is 2740. The standard InChI is InChI=1S/C21H31FN2O5.C19H27FN4O3.C19H29FN2O3.C6H15N.C2H3ClO2.2H2O.Pd/c1-21(2,3)29-20(26)24-11-6-8-16(14-24)18(15-7-5-9-17(22)13-15)28-12-10-23-19(25)27-4;1-19(2,3)27-18(25)24-10-5-7-15(13-24)17(26-11-9-22-23-21)14-6-4-8-16(20)12-14;1-19(2,3)25-18(23)22-10-5-7-15(13-22)17(24-11-9-21)14-6-4-8-16(20)12-14;1-4-7(5-2)6-3;1-5-2(3)4;;;/h5,7,9,13,16,18H,6,8,10-12,14H2,1-4H3,(H,23,25);4,6,8,12,15,17H,5,7,9-11,13H2,1-3H3;4,6,8,12,15,17H,5,7,9-11,13,21H2,1-3H3;4-6H2,1-3H3;1H3;2*1H2;/t16-,18+;2*15-,17+;;;;;/m111...../s1. The number of rotatable bonds is 20. The van der Waals surface area contributed by atoms with E-state index in [1.54, 1.807) is 32.9 Å². The number of carbonyl (C=O) groups excluding carboxylic acids is 5. The van der Waals surface area contributed by atoms with Crippen molar-refractivity contribution in [3.05, 3.63) is 117 Å². The second kappa shape index (κ2) is 48.7. The zero-order chi connectivity index (χ0) is 69.7. The van der Waals surface area contributed by atoms with Crippen molar-refractivity contribution in [2.75, 3.05) is 113 Å². The number of alkyl carbamates (subject to hydrolysis) is 1. The molecule has 4 amide bonds. The van der Waals surface area contributed by atoms with Crippen LogP contribution in [-0.2, 0) is 58.3 Å². The molecule has 7 N–H and O–H groups in total. The van der Waals surface area contributed by atoms with Gasteiger partial charge >= 0.3 is 29.8 Å². The molecular formula is C67H109ClF3N9O15Pd. The number of hydrogen-bond acceptors (Lipinski definition) is 16. The summed E-state index contributed by atoms with van der Waals surface area (Å²) in [5.41, 5.74) is 13.8. The third-order valence-electron chi connectivity index (χ3n) is 14.5. The number of ether oxygens (including phenoxy) is 8. The van der Waals surface area contributed by atoms with E-state index in [1.165, 1.54) is 70.3 Å². The molecule has 6 rings (SSSR count). The van der Waals surface area contributed by atoms with Crippen LogP contribution >= 0.6 is 11.6 Å². The molecule has 0 saturated carbocycles. The van der Waals surface area contributed by atoms with E-state index >= 15 is 0 Å². The van der Waals surface area contributed by atoms with Crippen molar-refractivity contribution in [1.29, 1.82) is 0 Å². The molecule has 3 saturated heterocycles. The number of piperidine rings is 3. The molecule has 550 valence electrons. The van der Waals surface area contributed by atoms with Crippen LogP contribution in [0.5, 0.6) is 0 Å². The first kappa shape index (κ1) is 92.0. The Kier molecular flexibility index (Phi) is 46.6. The van der Waals surface area contributed by atoms with Crippen LogP contribution in [0.25, 0.3) is 10.4 Å². The van der Waals surface area contributed by atoms with Crippen LogP contribution in [0.2, 0.25) is 0 Å². The Hall–Kier alpha value is -6.02. The molecule has 0 aromatic heterocycles. The second-order valence-corrected chi connectivity index (χ2v) is 25.6. The van der Waals surface area contributed by atoms with Gasteiger partial charge in [-0.05, 0) is 179 Å². The minimum atomic E-state index is -0.773. The van der Waals surface area contributed by atoms with E-state index in [0.717, 1.165) is 44.1 Å². The molecule has 3 aliphatic heterocycles. The summed E-state index contributed by atoms with van der Waals surface area (Å²) in [5.74, 6) is -0.914. The number of carbonyl (C=O) groups is 5. The maximum atomic E-state index is 13.8. The maximum absolute atomic E-state index is 13.8. The Balaban J connectivity index is 0. The fourth-order valence-electron chi connectivity index (χ4n) is 10.4. The van der Waals surface area contributed by atoms with Gasteiger partial charge in [-0.2, -0.15) is 0 Å². The van der Waals surface area contributed by atoms with Gasteiger partial charge in [-0.3, -0.25) is 0 Å². The molecule has 3 aliphatic rings. The quantitative estimate of drug-likeness (QED) is 0.0202. The van der Waals surface area contributed by atoms with Crippen molar-refractivity contribution in [2.45, 2.75) is 157 Å². The SMILES string of the molecule is CC(C)(C)OC(=O)N1CCC[C@@H]([C@@H](OCCN)c2cccc(F)c2)C1.CC(C)(C)OC(=O)N1CCC[C@@H]([C@@H](OCCN=[N+]=[N-])c2cccc(F)c2)C1.CCN(CC)CC.COC(=O)Cl.COC(=O)NCCO[C@@H](c1cccc(F)c1)[C@@H]1CCCN(C(=O)OC(C)(C)C)C1.O.O.[Pd]. The fourth-order valence-corrected chi connectivity index (χ4v) is 10.4. The first-order chi connectivity index (χ1) is 43.9. The Morgan fingerprint density at radius 3 is 1.19 bits per heavy atom. The molecule has 96 heavy (non-hydrogen) atoms. The number of azide groups is 1. The Labute approximate surface area is 585 Å². The van der Waals surface area contributed by atoms with Crippen molar-refractivity contribution in [1.82, 2.24) is 24.9 Å². The molecule has 24 nitrogen and oxygen atoms in total. The van der Waals surface area contributed by atoms with E-state index in [1.807, 2.05) is 80.5 Å². The number of halogens is 4. The van der Waals surface area contributed by atoms with Gasteiger partial charge in [0.05, 0.1) is 52.4 Å². The fraction of sp³-hybridized carbons (Fsp3) is 0.657. The molecule has 0 aliphatic carbocycles. The molecule has 0 spiro atoms. The summed E-state index contributed by atoms with van der Waals surface area (Å²) in [5, 5.41) is 6.04. The first-order valence-corrected chi connectivity index (χ1v) is 32.3. The van der Waals surface area contributed by atoms with Crippen molar-refractivity contribution in [2.24, 2.45) is 28.6 Å². The summed E-state index contributed by atoms with van der Waals surface area (Å²) in [6.45, 7) is 31.8. The third kappa shape index (κ3) is 38.2. The summed E-state index contributed by atoms with van der Waals surface area (Å²) in [6, 6.07) is 19.0. The molecule has 0 unspecified atom stereocenters. The normalized spacial score (nSPS) is 16.9. The molecular weight excluding hydrogens is 1370 g/mol. The molecule has 6 atom stereocenters. The third-order valence-corrected chi connectivity index (χ3v) is 14.6. The van der Waals surface area contributed by atoms with Crippen molar-refractivity contribution < 1.29 is 106 Å². The number of methoxy groups -OCH3 is 2. The summed E-state index contributed by atoms with van der Waals surface area (Å²) >= 11 is 4.60. The second-order valence-electron chi connectivity index (χ2n) is 25.2. The van der Waals surface area contributed by atoms with E-state index in [9.17, 15) is 37.1 Å². The smallest absolute Gasteiger partial charge is 0.410 e. The minimum Gasteiger partial charge on any atom is -0.457 e. The molecule has 3 aromatic rings. The largest absolute Gasteiger partial charge is 0.457 e. The van der Waals surface area contributed by atoms with Crippen molar-refractivity contribution in [3.8, 4) is 0 Å². The van der Waals surface area contributed by atoms with Crippen molar-refractivity contribution in [3.63, 3.8) is 0 Å². The van der Waals surface area contributed by atoms with Crippen LogP contribution < -0.4 is 11.1 Å². The number of nitrogens with zero attached hydrogens (tertiary/aromatic N) is 7. The number of nitrogens with one attached hydrogen (secondary N) is 1. The molecule has 3 fully saturated rings. The van der Waals surface area contributed by atoms with Crippen molar-refractivity contribution >= 4 is 41.4 Å². The van der Waals surface area contributed by atoms with E-state index in [0.29, 0.717) is 63.5 Å². The molecule has 0 bridgehead atoms. The van der Waals surface area contributed by atoms with Gasteiger partial charge in [0.1, 0.15) is 34.3 Å². The van der Waals surface area contributed by atoms with Crippen LogP contribution in [0.1, 0.15) is 157 Å². The molecule has 3 heterocycles. The topological polar surface area (TPSA) is 322 Å². The summed E-state index contributed by atoms with van der Waals surface area (Å²) in [6.07, 6.45) is 2.44. The predicted molar refractivity (Wildman–Crippen MR) is 359 cm³/mol. The van der Waals surface area contributed by atoms with Gasteiger partial charge in [-0.15, -0.1) is 0 Å². The molecule has 29 heteroatoms. The number of amides is 4. The zero-order valence-electron chi connectivity index (χ0n) is 58.6. The average molecular weight is 1480 g/mol. The molecule has 0 radical (unpaired) electrons. The number of likely N-dealkylation sites (tertiary alicyclic amines) is 3. The van der Waals surface area contributed by atoms with Crippen LogP contribution in [0.15, 0.2) is 77.9 Å². The van der Waals surface area contributed by atoms with Crippen LogP contribution in [0.4, 0.5) is 37.1 Å². The van der Waals surface area contributed by atoms with Crippen LogP contribution in [0.3, 0.4) is 0 Å². The van der Waals surface area contributed by atoms with Crippen LogP contribution in [0, 0.1) is 35.2 Å². The number of nitrogens with two attached hydrogens (primary N) is 1. The summed E-state index contributed by atoms with van der Waals surface area (Å²) < 4.78 is 83.9. The maximum Gasteiger partial charge on any atom is 0.410 e. The van der Waals surface area contributed by atoms with Gasteiger partial charge in [0.2, 0.25) is 0 Å². The van der Waals surface area contributed by atoms with E-state index in [4.69, 9.17) is 39.7 Å². The van der Waals surface area contributed by atoms with Gasteiger partial charge in [-0.1, -0.05) is 62.3 Å². The van der Waals surface area contributed by atoms with Crippen LogP contribution in [-0.4, -0.2) is 190 Å². The van der Waals surface area contributed by atoms with Gasteiger partial charge in [-0.25, -0.2) is 37.1 Å². The first-order valence-electron chi connectivity index (χ1n) is 31.9. The predicted octanol–water partition coefficient (Wildman–Crippen LogP) is 12.9. The average Bonchev–Trinajstić information content (AvgIpc) is 0.905. The Morgan fingerprint density at radius 2 is 0.927 bits per heavy atom. The number of hydrogen-bond donors (Lipinski definition) is 2. The minimum absolute atomic E-state index is 0. The number of benzene rings is 3. The summed E-state index contributed by atoms with van der Waals surface area (Å²) in [4.78, 5) is 68.0. The van der Waals surface area contributed by atoms with E-state index in [2.05, 4.69) is 62.1 Å². The van der Waals surface area contributed by atoms with Gasteiger partial charge in [0.15, 0.2) is 0 Å². The van der Waals surface area contributed by atoms with Gasteiger partial charge in [0, 0.05) is 114 Å². The zero-order valence-corrected chi connectivity index (χ0v) is 60.9. The molecule has 3 aromatic carbocycles. The van der Waals surface area contributed by atoms with Gasteiger partial charge in [0.25, 0.3) is 0 Å². The van der Waals surface area contributed by atoms with E-state index < -0.39 is 34.4 Å². The Morgan fingerprint density at radius 1 is 0.604 bits per heavy atom.